The summed E-state index contributed by atoms with van der Waals surface area (Å²) in [4.78, 5) is 2.32. The van der Waals surface area contributed by atoms with Gasteiger partial charge < -0.3 is 4.42 Å². The third-order valence-electron chi connectivity index (χ3n) is 3.77. The van der Waals surface area contributed by atoms with Gasteiger partial charge in [0.05, 0.1) is 6.54 Å². The number of likely N-dealkylation sites (tertiary alicyclic amines) is 1. The van der Waals surface area contributed by atoms with E-state index in [-0.39, 0.29) is 5.82 Å². The van der Waals surface area contributed by atoms with E-state index in [0.717, 1.165) is 31.4 Å². The average molecular weight is 275 g/mol. The van der Waals surface area contributed by atoms with Crippen LogP contribution in [0.25, 0.3) is 0 Å². The van der Waals surface area contributed by atoms with Crippen molar-refractivity contribution in [2.24, 2.45) is 0 Å². The zero-order chi connectivity index (χ0) is 13.9. The first-order valence-corrected chi connectivity index (χ1v) is 7.07. The maximum atomic E-state index is 13.0. The molecular weight excluding hydrogens is 257 g/mol. The van der Waals surface area contributed by atoms with Crippen LogP contribution in [0.15, 0.2) is 28.7 Å². The highest BCUT2D eigenvalue weighted by atomic mass is 19.1. The minimum Gasteiger partial charge on any atom is -0.424 e. The number of nitrogens with zero attached hydrogens (tertiary/aromatic N) is 3. The third kappa shape index (κ3) is 2.72. The molecule has 1 aromatic carbocycles. The summed E-state index contributed by atoms with van der Waals surface area (Å²) in [5.41, 5.74) is 1.15. The monoisotopic (exact) mass is 275 g/mol. The number of benzene rings is 1. The Hall–Kier alpha value is -1.75. The molecule has 0 bridgehead atoms. The molecule has 2 aromatic rings. The van der Waals surface area contributed by atoms with Crippen molar-refractivity contribution in [2.75, 3.05) is 6.54 Å². The van der Waals surface area contributed by atoms with Crippen LogP contribution in [0.5, 0.6) is 0 Å². The van der Waals surface area contributed by atoms with Crippen LogP contribution in [0.1, 0.15) is 43.2 Å². The summed E-state index contributed by atoms with van der Waals surface area (Å²) in [5.74, 6) is 1.15. The molecule has 2 heterocycles. The molecule has 0 unspecified atom stereocenters. The lowest BCUT2D eigenvalue weighted by atomic mass is 10.0. The smallest absolute Gasteiger partial charge is 0.230 e. The van der Waals surface area contributed by atoms with Crippen LogP contribution in [0, 0.1) is 5.82 Å². The highest BCUT2D eigenvalue weighted by Crippen LogP contribution is 2.32. The van der Waals surface area contributed by atoms with Crippen LogP contribution in [-0.4, -0.2) is 21.6 Å². The molecule has 106 valence electrons. The summed E-state index contributed by atoms with van der Waals surface area (Å²) >= 11 is 0. The van der Waals surface area contributed by atoms with Gasteiger partial charge in [-0.05, 0) is 37.1 Å². The topological polar surface area (TPSA) is 42.2 Å². The Morgan fingerprint density at radius 3 is 2.70 bits per heavy atom. The molecule has 1 fully saturated rings. The zero-order valence-corrected chi connectivity index (χ0v) is 11.6. The Morgan fingerprint density at radius 2 is 2.00 bits per heavy atom. The molecule has 1 saturated heterocycles. The molecule has 1 atom stereocenters. The van der Waals surface area contributed by atoms with E-state index in [1.54, 1.807) is 0 Å². The van der Waals surface area contributed by atoms with Gasteiger partial charge >= 0.3 is 0 Å². The highest BCUT2D eigenvalue weighted by Gasteiger charge is 2.27. The Bertz CT molecular complexity index is 567. The molecule has 3 rings (SSSR count). The van der Waals surface area contributed by atoms with Crippen LogP contribution in [-0.2, 0) is 13.0 Å². The van der Waals surface area contributed by atoms with Gasteiger partial charge in [-0.15, -0.1) is 10.2 Å². The highest BCUT2D eigenvalue weighted by molar-refractivity contribution is 5.21. The molecule has 1 aromatic heterocycles. The van der Waals surface area contributed by atoms with Crippen molar-refractivity contribution in [3.05, 3.63) is 47.4 Å². The van der Waals surface area contributed by atoms with Crippen LogP contribution >= 0.6 is 0 Å². The molecule has 0 N–H and O–H groups in total. The lowest BCUT2D eigenvalue weighted by Gasteiger charge is -2.23. The quantitative estimate of drug-likeness (QED) is 0.860. The van der Waals surface area contributed by atoms with Gasteiger partial charge in [0.25, 0.3) is 0 Å². The minimum absolute atomic E-state index is 0.192. The van der Waals surface area contributed by atoms with E-state index in [1.165, 1.54) is 12.1 Å². The van der Waals surface area contributed by atoms with Crippen LogP contribution in [0.2, 0.25) is 0 Å². The fourth-order valence-electron chi connectivity index (χ4n) is 2.75. The molecule has 20 heavy (non-hydrogen) atoms. The van der Waals surface area contributed by atoms with Crippen LogP contribution in [0.3, 0.4) is 0 Å². The molecule has 0 amide bonds. The Labute approximate surface area is 117 Å². The molecule has 0 aliphatic carbocycles. The number of aryl methyl sites for hydroxylation is 1. The van der Waals surface area contributed by atoms with Crippen molar-refractivity contribution in [2.45, 2.75) is 38.8 Å². The van der Waals surface area contributed by atoms with Crippen LogP contribution < -0.4 is 0 Å². The maximum Gasteiger partial charge on any atom is 0.230 e. The fourth-order valence-corrected chi connectivity index (χ4v) is 2.75. The second kappa shape index (κ2) is 5.71. The summed E-state index contributed by atoms with van der Waals surface area (Å²) in [7, 11) is 0. The van der Waals surface area contributed by atoms with Gasteiger partial charge in [-0.1, -0.05) is 19.1 Å². The van der Waals surface area contributed by atoms with E-state index >= 15 is 0 Å². The SMILES string of the molecule is CCc1nnc(CN2CCC[C@H]2c2ccc(F)cc2)o1. The average Bonchev–Trinajstić information content (AvgIpc) is 3.09. The minimum atomic E-state index is -0.192. The second-order valence-corrected chi connectivity index (χ2v) is 5.12. The Balaban J connectivity index is 1.73. The van der Waals surface area contributed by atoms with Gasteiger partial charge in [-0.25, -0.2) is 4.39 Å². The zero-order valence-electron chi connectivity index (χ0n) is 11.6. The van der Waals surface area contributed by atoms with Gasteiger partial charge in [-0.2, -0.15) is 0 Å². The van der Waals surface area contributed by atoms with E-state index in [0.29, 0.717) is 24.4 Å². The first kappa shape index (κ1) is 13.2. The van der Waals surface area contributed by atoms with Crippen molar-refractivity contribution >= 4 is 0 Å². The van der Waals surface area contributed by atoms with E-state index in [1.807, 2.05) is 19.1 Å². The molecule has 5 heteroatoms. The lowest BCUT2D eigenvalue weighted by molar-refractivity contribution is 0.221. The molecule has 0 spiro atoms. The van der Waals surface area contributed by atoms with Gasteiger partial charge in [-0.3, -0.25) is 4.90 Å². The van der Waals surface area contributed by atoms with Crippen LogP contribution in [0.4, 0.5) is 4.39 Å². The number of halogens is 1. The van der Waals surface area contributed by atoms with Gasteiger partial charge in [0.1, 0.15) is 5.82 Å². The molecule has 1 aliphatic heterocycles. The summed E-state index contributed by atoms with van der Waals surface area (Å²) in [6, 6.07) is 7.09. The molecule has 0 saturated carbocycles. The maximum absolute atomic E-state index is 13.0. The molecule has 0 radical (unpaired) electrons. The predicted molar refractivity (Wildman–Crippen MR) is 72.5 cm³/mol. The number of rotatable bonds is 4. The Morgan fingerprint density at radius 1 is 1.25 bits per heavy atom. The first-order chi connectivity index (χ1) is 9.76. The number of hydrogen-bond donors (Lipinski definition) is 0. The van der Waals surface area contributed by atoms with E-state index in [4.69, 9.17) is 4.42 Å². The van der Waals surface area contributed by atoms with Gasteiger partial charge in [0.2, 0.25) is 11.8 Å². The summed E-state index contributed by atoms with van der Waals surface area (Å²) in [5, 5.41) is 8.07. The second-order valence-electron chi connectivity index (χ2n) is 5.12. The first-order valence-electron chi connectivity index (χ1n) is 7.07. The van der Waals surface area contributed by atoms with Crippen molar-refractivity contribution < 1.29 is 8.81 Å². The van der Waals surface area contributed by atoms with Crippen molar-refractivity contribution in [1.29, 1.82) is 0 Å². The largest absolute Gasteiger partial charge is 0.424 e. The van der Waals surface area contributed by atoms with E-state index in [2.05, 4.69) is 15.1 Å². The van der Waals surface area contributed by atoms with Gasteiger partial charge in [0, 0.05) is 12.5 Å². The summed E-state index contributed by atoms with van der Waals surface area (Å²) < 4.78 is 18.6. The molecule has 4 nitrogen and oxygen atoms in total. The van der Waals surface area contributed by atoms with E-state index < -0.39 is 0 Å². The number of hydrogen-bond acceptors (Lipinski definition) is 4. The summed E-state index contributed by atoms with van der Waals surface area (Å²) in [6.07, 6.45) is 2.98. The van der Waals surface area contributed by atoms with Crippen molar-refractivity contribution in [1.82, 2.24) is 15.1 Å². The van der Waals surface area contributed by atoms with Crippen molar-refractivity contribution in [3.8, 4) is 0 Å². The normalized spacial score (nSPS) is 19.6. The van der Waals surface area contributed by atoms with Gasteiger partial charge in [0.15, 0.2) is 0 Å². The number of aromatic nitrogens is 2. The molecular formula is C15H18FN3O. The summed E-state index contributed by atoms with van der Waals surface area (Å²) in [6.45, 7) is 3.66. The predicted octanol–water partition coefficient (Wildman–Crippen LogP) is 3.11. The lowest BCUT2D eigenvalue weighted by Crippen LogP contribution is -2.23. The third-order valence-corrected chi connectivity index (χ3v) is 3.77. The standard InChI is InChI=1S/C15H18FN3O/c1-2-14-17-18-15(20-14)10-19-9-3-4-13(19)11-5-7-12(16)8-6-11/h5-8,13H,2-4,9-10H2,1H3/t13-/m0/s1. The van der Waals surface area contributed by atoms with Crippen molar-refractivity contribution in [3.63, 3.8) is 0 Å². The van der Waals surface area contributed by atoms with E-state index in [9.17, 15) is 4.39 Å². The Kier molecular flexibility index (Phi) is 3.78. The molecule has 1 aliphatic rings. The fraction of sp³-hybridized carbons (Fsp3) is 0.467.